The Bertz CT molecular complexity index is 762. The quantitative estimate of drug-likeness (QED) is 0.452. The predicted molar refractivity (Wildman–Crippen MR) is 94.0 cm³/mol. The van der Waals surface area contributed by atoms with Gasteiger partial charge in [0.2, 0.25) is 23.4 Å². The van der Waals surface area contributed by atoms with Crippen molar-refractivity contribution in [3.8, 4) is 5.75 Å². The monoisotopic (exact) mass is 418 g/mol. The lowest BCUT2D eigenvalue weighted by Crippen LogP contribution is -2.44. The van der Waals surface area contributed by atoms with E-state index in [-0.39, 0.29) is 24.8 Å². The molecule has 0 saturated carbocycles. The van der Waals surface area contributed by atoms with Crippen LogP contribution in [0.1, 0.15) is 39.0 Å². The maximum atomic E-state index is 13.7. The van der Waals surface area contributed by atoms with Crippen LogP contribution >= 0.6 is 0 Å². The highest BCUT2D eigenvalue weighted by Gasteiger charge is 2.32. The molecule has 0 bridgehead atoms. The Labute approximate surface area is 165 Å². The average Bonchev–Trinajstić information content (AvgIpc) is 3.08. The third-order valence-corrected chi connectivity index (χ3v) is 4.59. The highest BCUT2D eigenvalue weighted by atomic mass is 19.2. The number of amides is 2. The van der Waals surface area contributed by atoms with Crippen molar-refractivity contribution in [3.63, 3.8) is 0 Å². The minimum Gasteiger partial charge on any atom is -0.479 e. The van der Waals surface area contributed by atoms with Gasteiger partial charge in [-0.3, -0.25) is 14.4 Å². The van der Waals surface area contributed by atoms with E-state index in [1.54, 1.807) is 0 Å². The van der Waals surface area contributed by atoms with E-state index in [1.165, 1.54) is 0 Å². The van der Waals surface area contributed by atoms with Crippen molar-refractivity contribution in [2.75, 3.05) is 13.2 Å². The number of rotatable bonds is 10. The largest absolute Gasteiger partial charge is 0.479 e. The van der Waals surface area contributed by atoms with Gasteiger partial charge in [-0.05, 0) is 19.3 Å². The Morgan fingerprint density at radius 2 is 1.90 bits per heavy atom. The van der Waals surface area contributed by atoms with Gasteiger partial charge >= 0.3 is 0 Å². The number of carbonyl (C=O) groups excluding carboxylic acids is 3. The number of nitrogens with one attached hydrogen (secondary N) is 2. The molecule has 2 rings (SSSR count). The summed E-state index contributed by atoms with van der Waals surface area (Å²) in [5.74, 6) is -10.2. The Hall–Kier alpha value is -2.65. The number of hydrogen-bond donors (Lipinski definition) is 2. The number of hydrogen-bond acceptors (Lipinski definition) is 4. The van der Waals surface area contributed by atoms with Gasteiger partial charge in [0.25, 0.3) is 0 Å². The Kier molecular flexibility index (Phi) is 7.98. The van der Waals surface area contributed by atoms with Crippen LogP contribution in [0.25, 0.3) is 0 Å². The molecule has 0 spiro atoms. The summed E-state index contributed by atoms with van der Waals surface area (Å²) < 4.78 is 58.6. The Morgan fingerprint density at radius 3 is 2.45 bits per heavy atom. The van der Waals surface area contributed by atoms with Crippen LogP contribution in [0.5, 0.6) is 5.75 Å². The fourth-order valence-corrected chi connectivity index (χ4v) is 2.95. The maximum absolute atomic E-state index is 13.7. The third-order valence-electron chi connectivity index (χ3n) is 4.59. The molecule has 1 saturated heterocycles. The number of unbranched alkanes of at least 4 members (excludes halogenated alkanes) is 1. The summed E-state index contributed by atoms with van der Waals surface area (Å²) in [4.78, 5) is 36.3. The van der Waals surface area contributed by atoms with Gasteiger partial charge in [-0.1, -0.05) is 13.3 Å². The van der Waals surface area contributed by atoms with Crippen LogP contribution < -0.4 is 15.4 Å². The first-order chi connectivity index (χ1) is 13.7. The number of Topliss-reactive ketones (excluding diaryl/α,β-unsaturated/α-hetero) is 1. The van der Waals surface area contributed by atoms with Crippen LogP contribution in [-0.2, 0) is 14.4 Å². The molecule has 10 heteroatoms. The highest BCUT2D eigenvalue weighted by Crippen LogP contribution is 2.26. The van der Waals surface area contributed by atoms with E-state index >= 15 is 0 Å². The van der Waals surface area contributed by atoms with Crippen molar-refractivity contribution in [2.45, 2.75) is 45.1 Å². The van der Waals surface area contributed by atoms with Gasteiger partial charge < -0.3 is 15.4 Å². The number of ketones is 1. The summed E-state index contributed by atoms with van der Waals surface area (Å²) in [6, 6.07) is -1.12. The molecule has 29 heavy (non-hydrogen) atoms. The van der Waals surface area contributed by atoms with Gasteiger partial charge in [0.1, 0.15) is 6.61 Å². The molecule has 1 fully saturated rings. The van der Waals surface area contributed by atoms with Gasteiger partial charge in [-0.15, -0.1) is 0 Å². The third kappa shape index (κ3) is 5.91. The van der Waals surface area contributed by atoms with Gasteiger partial charge in [0.15, 0.2) is 23.2 Å². The molecule has 0 radical (unpaired) electrons. The zero-order valence-corrected chi connectivity index (χ0v) is 15.8. The van der Waals surface area contributed by atoms with Crippen LogP contribution in [0.3, 0.4) is 0 Å². The minimum absolute atomic E-state index is 0.0195. The fourth-order valence-electron chi connectivity index (χ4n) is 2.95. The van der Waals surface area contributed by atoms with Crippen molar-refractivity contribution in [2.24, 2.45) is 5.92 Å². The number of benzene rings is 1. The first-order valence-corrected chi connectivity index (χ1v) is 9.30. The Balaban J connectivity index is 2.10. The first-order valence-electron chi connectivity index (χ1n) is 9.30. The lowest BCUT2D eigenvalue weighted by atomic mass is 9.95. The maximum Gasteiger partial charge on any atom is 0.223 e. The van der Waals surface area contributed by atoms with Crippen LogP contribution in [0.15, 0.2) is 6.07 Å². The molecule has 1 aliphatic rings. The molecule has 1 aromatic carbocycles. The molecule has 2 N–H and O–H groups in total. The summed E-state index contributed by atoms with van der Waals surface area (Å²) in [7, 11) is 0. The van der Waals surface area contributed by atoms with Crippen molar-refractivity contribution < 1.29 is 36.7 Å². The number of halogens is 4. The topological polar surface area (TPSA) is 84.5 Å². The summed E-state index contributed by atoms with van der Waals surface area (Å²) >= 11 is 0. The number of carbonyl (C=O) groups is 3. The lowest BCUT2D eigenvalue weighted by molar-refractivity contribution is -0.130. The van der Waals surface area contributed by atoms with Gasteiger partial charge in [0, 0.05) is 24.9 Å². The van der Waals surface area contributed by atoms with Crippen LogP contribution in [-0.4, -0.2) is 36.8 Å². The first kappa shape index (κ1) is 22.6. The van der Waals surface area contributed by atoms with Crippen molar-refractivity contribution in [3.05, 3.63) is 29.3 Å². The molecule has 2 atom stereocenters. The zero-order valence-electron chi connectivity index (χ0n) is 15.8. The van der Waals surface area contributed by atoms with E-state index in [2.05, 4.69) is 10.6 Å². The van der Waals surface area contributed by atoms with Crippen LogP contribution in [0, 0.1) is 29.2 Å². The summed E-state index contributed by atoms with van der Waals surface area (Å²) in [5.41, 5.74) is 0. The van der Waals surface area contributed by atoms with Crippen molar-refractivity contribution in [1.29, 1.82) is 0 Å². The normalized spacial score (nSPS) is 17.0. The second-order valence-corrected chi connectivity index (χ2v) is 6.79. The van der Waals surface area contributed by atoms with E-state index in [4.69, 9.17) is 4.74 Å². The van der Waals surface area contributed by atoms with Crippen molar-refractivity contribution in [1.82, 2.24) is 10.6 Å². The number of ether oxygens (including phenoxy) is 1. The standard InChI is InChI=1S/C19H22F4N2O4/c1-2-3-4-15(27)25-13(7-10-5-6-24-19(10)28)14(26)9-29-18-16(22)11(20)8-12(21)17(18)23/h8,10,13H,2-7,9H2,1H3,(H,24,28)(H,25,27)/t10-,13-/m0/s1. The van der Waals surface area contributed by atoms with E-state index in [9.17, 15) is 31.9 Å². The lowest BCUT2D eigenvalue weighted by Gasteiger charge is -2.20. The van der Waals surface area contributed by atoms with E-state index < -0.39 is 59.3 Å². The summed E-state index contributed by atoms with van der Waals surface area (Å²) in [6.07, 6.45) is 1.95. The van der Waals surface area contributed by atoms with Crippen LogP contribution in [0.4, 0.5) is 17.6 Å². The second kappa shape index (κ2) is 10.2. The molecule has 1 aromatic rings. The highest BCUT2D eigenvalue weighted by molar-refractivity contribution is 5.91. The van der Waals surface area contributed by atoms with Gasteiger partial charge in [-0.25, -0.2) is 8.78 Å². The summed E-state index contributed by atoms with van der Waals surface area (Å²) in [6.45, 7) is 1.38. The molecular weight excluding hydrogens is 396 g/mol. The Morgan fingerprint density at radius 1 is 1.24 bits per heavy atom. The molecule has 2 amide bonds. The molecule has 0 aliphatic carbocycles. The molecular formula is C19H22F4N2O4. The molecule has 1 aliphatic heterocycles. The fraction of sp³-hybridized carbons (Fsp3) is 0.526. The van der Waals surface area contributed by atoms with E-state index in [0.29, 0.717) is 19.4 Å². The van der Waals surface area contributed by atoms with Gasteiger partial charge in [0.05, 0.1) is 6.04 Å². The van der Waals surface area contributed by atoms with Gasteiger partial charge in [-0.2, -0.15) is 8.78 Å². The molecule has 1 heterocycles. The average molecular weight is 418 g/mol. The molecule has 160 valence electrons. The van der Waals surface area contributed by atoms with E-state index in [1.807, 2.05) is 6.92 Å². The molecule has 0 unspecified atom stereocenters. The van der Waals surface area contributed by atoms with E-state index in [0.717, 1.165) is 6.42 Å². The molecule has 6 nitrogen and oxygen atoms in total. The predicted octanol–water partition coefficient (Wildman–Crippen LogP) is 2.39. The smallest absolute Gasteiger partial charge is 0.223 e. The summed E-state index contributed by atoms with van der Waals surface area (Å²) in [5, 5.41) is 5.11. The van der Waals surface area contributed by atoms with Crippen LogP contribution in [0.2, 0.25) is 0 Å². The second-order valence-electron chi connectivity index (χ2n) is 6.79. The SMILES string of the molecule is CCCCC(=O)N[C@@H](C[C@@H]1CCNC1=O)C(=O)COc1c(F)c(F)cc(F)c1F. The minimum atomic E-state index is -1.77. The van der Waals surface area contributed by atoms with Crippen molar-refractivity contribution >= 4 is 17.6 Å². The zero-order chi connectivity index (χ0) is 21.6. The molecule has 0 aromatic heterocycles.